The van der Waals surface area contributed by atoms with Crippen molar-refractivity contribution in [1.82, 2.24) is 24.1 Å². The van der Waals surface area contributed by atoms with Gasteiger partial charge in [-0.3, -0.25) is 18.7 Å². The number of hydrogen-bond acceptors (Lipinski definition) is 6. The number of hydrazone groups is 1. The van der Waals surface area contributed by atoms with Gasteiger partial charge in [-0.2, -0.15) is 5.10 Å². The van der Waals surface area contributed by atoms with Gasteiger partial charge in [0.2, 0.25) is 0 Å². The molecule has 158 valence electrons. The molecule has 0 spiro atoms. The SMILES string of the molecule is Cn1c(=O)c2ncn(CC(=O)N/N=C/c3ccc(-c4cccc(Br)c4)o3)c2n(C)c1=O. The first-order valence-electron chi connectivity index (χ1n) is 9.13. The largest absolute Gasteiger partial charge is 0.455 e. The first-order chi connectivity index (χ1) is 14.8. The number of furan rings is 1. The average Bonchev–Trinajstić information content (AvgIpc) is 3.38. The fraction of sp³-hybridized carbons (Fsp3) is 0.150. The molecule has 0 saturated carbocycles. The fourth-order valence-corrected chi connectivity index (χ4v) is 3.53. The topological polar surface area (TPSA) is 116 Å². The van der Waals surface area contributed by atoms with Crippen LogP contribution in [0.3, 0.4) is 0 Å². The molecule has 0 saturated heterocycles. The van der Waals surface area contributed by atoms with Gasteiger partial charge in [0.15, 0.2) is 5.52 Å². The Bertz CT molecular complexity index is 1440. The minimum atomic E-state index is -0.519. The van der Waals surface area contributed by atoms with Crippen LogP contribution in [0, 0.1) is 0 Å². The Labute approximate surface area is 183 Å². The van der Waals surface area contributed by atoms with E-state index in [0.29, 0.717) is 11.5 Å². The molecule has 0 unspecified atom stereocenters. The van der Waals surface area contributed by atoms with E-state index in [1.54, 1.807) is 6.07 Å². The molecule has 0 bridgehead atoms. The smallest absolute Gasteiger partial charge is 0.332 e. The van der Waals surface area contributed by atoms with Crippen molar-refractivity contribution in [2.24, 2.45) is 19.2 Å². The summed E-state index contributed by atoms with van der Waals surface area (Å²) in [6.07, 6.45) is 2.72. The van der Waals surface area contributed by atoms with Gasteiger partial charge in [0.05, 0.1) is 12.5 Å². The third-order valence-corrected chi connectivity index (χ3v) is 5.13. The van der Waals surface area contributed by atoms with Crippen LogP contribution >= 0.6 is 15.9 Å². The van der Waals surface area contributed by atoms with Crippen LogP contribution in [-0.2, 0) is 25.4 Å². The van der Waals surface area contributed by atoms with Gasteiger partial charge in [-0.1, -0.05) is 28.1 Å². The molecular weight excluding hydrogens is 468 g/mol. The highest BCUT2D eigenvalue weighted by Crippen LogP contribution is 2.24. The second-order valence-electron chi connectivity index (χ2n) is 6.76. The van der Waals surface area contributed by atoms with Crippen LogP contribution < -0.4 is 16.7 Å². The van der Waals surface area contributed by atoms with Crippen LogP contribution in [-0.4, -0.2) is 30.8 Å². The lowest BCUT2D eigenvalue weighted by Gasteiger charge is -2.07. The minimum Gasteiger partial charge on any atom is -0.455 e. The van der Waals surface area contributed by atoms with Crippen molar-refractivity contribution >= 4 is 39.2 Å². The van der Waals surface area contributed by atoms with E-state index in [4.69, 9.17) is 4.42 Å². The quantitative estimate of drug-likeness (QED) is 0.341. The average molecular weight is 485 g/mol. The third-order valence-electron chi connectivity index (χ3n) is 4.64. The predicted molar refractivity (Wildman–Crippen MR) is 118 cm³/mol. The molecule has 11 heteroatoms. The van der Waals surface area contributed by atoms with Crippen molar-refractivity contribution in [3.05, 3.63) is 73.8 Å². The highest BCUT2D eigenvalue weighted by molar-refractivity contribution is 9.10. The third kappa shape index (κ3) is 3.99. The van der Waals surface area contributed by atoms with Gasteiger partial charge < -0.3 is 8.98 Å². The number of carbonyl (C=O) groups is 1. The van der Waals surface area contributed by atoms with Gasteiger partial charge in [0.1, 0.15) is 23.7 Å². The number of fused-ring (bicyclic) bond motifs is 1. The highest BCUT2D eigenvalue weighted by Gasteiger charge is 2.15. The van der Waals surface area contributed by atoms with E-state index in [2.05, 4.69) is 31.4 Å². The zero-order valence-electron chi connectivity index (χ0n) is 16.6. The number of rotatable bonds is 5. The molecule has 0 radical (unpaired) electrons. The maximum Gasteiger partial charge on any atom is 0.332 e. The lowest BCUT2D eigenvalue weighted by molar-refractivity contribution is -0.121. The van der Waals surface area contributed by atoms with Crippen LogP contribution in [0.1, 0.15) is 5.76 Å². The van der Waals surface area contributed by atoms with Gasteiger partial charge in [0.25, 0.3) is 11.5 Å². The molecule has 0 aliphatic heterocycles. The summed E-state index contributed by atoms with van der Waals surface area (Å²) < 4.78 is 10.3. The van der Waals surface area contributed by atoms with Crippen LogP contribution in [0.15, 0.2) is 66.3 Å². The molecule has 3 aromatic heterocycles. The Morgan fingerprint density at radius 3 is 2.81 bits per heavy atom. The van der Waals surface area contributed by atoms with E-state index in [9.17, 15) is 14.4 Å². The van der Waals surface area contributed by atoms with Crippen molar-refractivity contribution in [2.45, 2.75) is 6.54 Å². The molecule has 0 atom stereocenters. The number of carbonyl (C=O) groups excluding carboxylic acids is 1. The fourth-order valence-electron chi connectivity index (χ4n) is 3.13. The maximum absolute atomic E-state index is 12.3. The Morgan fingerprint density at radius 2 is 2.03 bits per heavy atom. The van der Waals surface area contributed by atoms with Gasteiger partial charge in [0, 0.05) is 24.1 Å². The predicted octanol–water partition coefficient (Wildman–Crippen LogP) is 1.61. The number of aryl methyl sites for hydroxylation is 1. The second-order valence-corrected chi connectivity index (χ2v) is 7.67. The highest BCUT2D eigenvalue weighted by atomic mass is 79.9. The summed E-state index contributed by atoms with van der Waals surface area (Å²) >= 11 is 3.42. The van der Waals surface area contributed by atoms with Crippen LogP contribution in [0.2, 0.25) is 0 Å². The zero-order chi connectivity index (χ0) is 22.1. The number of nitrogens with one attached hydrogen (secondary N) is 1. The summed E-state index contributed by atoms with van der Waals surface area (Å²) in [5, 5.41) is 3.90. The zero-order valence-corrected chi connectivity index (χ0v) is 18.2. The Balaban J connectivity index is 1.46. The van der Waals surface area contributed by atoms with E-state index >= 15 is 0 Å². The molecule has 31 heavy (non-hydrogen) atoms. The molecular formula is C20H17BrN6O4. The summed E-state index contributed by atoms with van der Waals surface area (Å²) in [5.41, 5.74) is 2.65. The first kappa shape index (κ1) is 20.5. The van der Waals surface area contributed by atoms with Gasteiger partial charge in [-0.25, -0.2) is 15.2 Å². The molecule has 0 aliphatic carbocycles. The van der Waals surface area contributed by atoms with Gasteiger partial charge in [-0.05, 0) is 24.3 Å². The van der Waals surface area contributed by atoms with Crippen LogP contribution in [0.4, 0.5) is 0 Å². The van der Waals surface area contributed by atoms with Crippen LogP contribution in [0.25, 0.3) is 22.5 Å². The Hall–Kier alpha value is -3.73. The van der Waals surface area contributed by atoms with Crippen molar-refractivity contribution in [2.75, 3.05) is 0 Å². The number of imidazole rings is 1. The van der Waals surface area contributed by atoms with Crippen molar-refractivity contribution in [1.29, 1.82) is 0 Å². The Morgan fingerprint density at radius 1 is 1.23 bits per heavy atom. The molecule has 0 fully saturated rings. The standard InChI is InChI=1S/C20H17BrN6O4/c1-25-18-17(19(29)26(2)20(25)30)22-11-27(18)10-16(28)24-23-9-14-6-7-15(31-14)12-4-3-5-13(21)8-12/h3-9,11H,10H2,1-2H3,(H,24,28)/b23-9+. The molecule has 10 nitrogen and oxygen atoms in total. The molecule has 1 amide bonds. The lowest BCUT2D eigenvalue weighted by Crippen LogP contribution is -2.37. The van der Waals surface area contributed by atoms with Gasteiger partial charge >= 0.3 is 5.69 Å². The van der Waals surface area contributed by atoms with E-state index in [-0.39, 0.29) is 17.7 Å². The molecule has 1 aromatic carbocycles. The summed E-state index contributed by atoms with van der Waals surface area (Å²) in [6.45, 7) is -0.171. The van der Waals surface area contributed by atoms with E-state index in [1.165, 1.54) is 35.8 Å². The summed E-state index contributed by atoms with van der Waals surface area (Å²) in [4.78, 5) is 40.6. The molecule has 4 aromatic rings. The van der Waals surface area contributed by atoms with Crippen LogP contribution in [0.5, 0.6) is 0 Å². The van der Waals surface area contributed by atoms with Gasteiger partial charge in [-0.15, -0.1) is 0 Å². The lowest BCUT2D eigenvalue weighted by atomic mass is 10.2. The van der Waals surface area contributed by atoms with E-state index in [1.807, 2.05) is 30.3 Å². The van der Waals surface area contributed by atoms with E-state index in [0.717, 1.165) is 14.6 Å². The van der Waals surface area contributed by atoms with Crippen molar-refractivity contribution in [3.8, 4) is 11.3 Å². The first-order valence-corrected chi connectivity index (χ1v) is 9.93. The second kappa shape index (κ2) is 8.19. The van der Waals surface area contributed by atoms with Crippen molar-refractivity contribution < 1.29 is 9.21 Å². The Kier molecular flexibility index (Phi) is 5.42. The number of hydrogen-bond donors (Lipinski definition) is 1. The monoisotopic (exact) mass is 484 g/mol. The van der Waals surface area contributed by atoms with E-state index < -0.39 is 17.2 Å². The maximum atomic E-state index is 12.3. The summed E-state index contributed by atoms with van der Waals surface area (Å²) in [7, 11) is 2.89. The number of amides is 1. The molecule has 1 N–H and O–H groups in total. The molecule has 4 rings (SSSR count). The normalized spacial score (nSPS) is 11.5. The number of halogens is 1. The summed E-state index contributed by atoms with van der Waals surface area (Å²) in [6, 6.07) is 11.2. The van der Waals surface area contributed by atoms with Crippen molar-refractivity contribution in [3.63, 3.8) is 0 Å². The summed E-state index contributed by atoms with van der Waals surface area (Å²) in [5.74, 6) is 0.679. The number of aromatic nitrogens is 4. The number of nitrogens with zero attached hydrogens (tertiary/aromatic N) is 5. The minimum absolute atomic E-state index is 0.108. The number of benzene rings is 1. The molecule has 3 heterocycles. The molecule has 0 aliphatic rings.